The van der Waals surface area contributed by atoms with Gasteiger partial charge in [0.2, 0.25) is 0 Å². The van der Waals surface area contributed by atoms with Gasteiger partial charge in [-0.05, 0) is 0 Å². The van der Waals surface area contributed by atoms with Gasteiger partial charge in [-0.1, -0.05) is 0 Å². The first-order chi connectivity index (χ1) is 10.4. The van der Waals surface area contributed by atoms with Crippen molar-refractivity contribution < 1.29 is 65.2 Å². The molecule has 0 spiro atoms. The summed E-state index contributed by atoms with van der Waals surface area (Å²) >= 11 is 1.14. The fourth-order valence-electron chi connectivity index (χ4n) is 4.56. The summed E-state index contributed by atoms with van der Waals surface area (Å²) in [5.74, 6) is 0. The Morgan fingerprint density at radius 2 is 0.885 bits per heavy atom. The molecule has 146 valence electrons. The first-order valence-corrected chi connectivity index (χ1v) is 9.52. The van der Waals surface area contributed by atoms with Crippen molar-refractivity contribution in [3.63, 3.8) is 0 Å². The van der Waals surface area contributed by atoms with Gasteiger partial charge in [0.05, 0.1) is 0 Å². The van der Waals surface area contributed by atoms with Crippen molar-refractivity contribution in [2.24, 2.45) is 10.8 Å². The fourth-order valence-corrected chi connectivity index (χ4v) is 5.14. The minimum Gasteiger partial charge on any atom is -1.00 e. The second-order valence-electron chi connectivity index (χ2n) is 8.33. The van der Waals surface area contributed by atoms with Crippen molar-refractivity contribution in [2.75, 3.05) is 0 Å². The van der Waals surface area contributed by atoms with Gasteiger partial charge in [0.15, 0.2) is 0 Å². The van der Waals surface area contributed by atoms with Crippen molar-refractivity contribution in [3.05, 3.63) is 44.6 Å². The van der Waals surface area contributed by atoms with E-state index in [1.807, 2.05) is 0 Å². The molecule has 26 heavy (non-hydrogen) atoms. The average molecular weight is 497 g/mol. The Kier molecular flexibility index (Phi) is 10.5. The summed E-state index contributed by atoms with van der Waals surface area (Å²) in [4.78, 5) is 0. The Morgan fingerprint density at radius 3 is 1.04 bits per heavy atom. The maximum atomic E-state index is 6.24. The van der Waals surface area contributed by atoms with Crippen LogP contribution in [-0.4, -0.2) is 6.10 Å². The van der Waals surface area contributed by atoms with Crippen LogP contribution in [0.4, 0.5) is 0 Å². The molecule has 0 saturated carbocycles. The number of rotatable bonds is 3. The monoisotopic (exact) mass is 494 g/mol. The molecule has 2 aliphatic carbocycles. The molecule has 0 radical (unpaired) electrons. The van der Waals surface area contributed by atoms with E-state index in [9.17, 15) is 0 Å². The molecule has 0 aromatic rings. The van der Waals surface area contributed by atoms with Crippen LogP contribution in [0.25, 0.3) is 0 Å². The van der Waals surface area contributed by atoms with Gasteiger partial charge < -0.3 is 37.2 Å². The van der Waals surface area contributed by atoms with Crippen LogP contribution in [0.3, 0.4) is 0 Å². The summed E-state index contributed by atoms with van der Waals surface area (Å²) in [7, 11) is 0. The molecule has 2 rings (SSSR count). The van der Waals surface area contributed by atoms with E-state index in [0.717, 1.165) is 25.2 Å². The molecule has 0 bridgehead atoms. The zero-order valence-electron chi connectivity index (χ0n) is 17.6. The molecule has 1 nitrogen and oxygen atoms in total. The third-order valence-electron chi connectivity index (χ3n) is 6.92. The minimum atomic E-state index is 0. The number of halogens is 3. The zero-order valence-corrected chi connectivity index (χ0v) is 22.3. The van der Waals surface area contributed by atoms with Crippen LogP contribution >= 0.6 is 0 Å². The summed E-state index contributed by atoms with van der Waals surface area (Å²) in [6, 6.07) is 0. The third kappa shape index (κ3) is 4.02. The summed E-state index contributed by atoms with van der Waals surface area (Å²) < 4.78 is 6.24. The smallest absolute Gasteiger partial charge is 1.00 e. The van der Waals surface area contributed by atoms with Crippen molar-refractivity contribution in [2.45, 2.75) is 75.3 Å². The molecule has 0 heterocycles. The Hall–Kier alpha value is 0.673. The molecule has 5 heteroatoms. The predicted octanol–water partition coefficient (Wildman–Crippen LogP) is -2.77. The SMILES string of the molecule is CC1=C(C)C(C)(C)C(C([O][Zr+3])C2=C(C)C(C)=C(C)C2(C)C)=C1C.[Cl-].[Cl-].[Cl-]. The molecule has 2 aliphatic rings. The molecule has 0 aromatic carbocycles. The quantitative estimate of drug-likeness (QED) is 0.411. The third-order valence-corrected chi connectivity index (χ3v) is 7.50. The van der Waals surface area contributed by atoms with Gasteiger partial charge >= 0.3 is 159 Å². The van der Waals surface area contributed by atoms with Gasteiger partial charge in [0, 0.05) is 0 Å². The number of hydrogen-bond donors (Lipinski definition) is 0. The van der Waals surface area contributed by atoms with E-state index >= 15 is 0 Å². The molecule has 0 fully saturated rings. The molecule has 0 amide bonds. The van der Waals surface area contributed by atoms with E-state index in [1.165, 1.54) is 44.6 Å². The molecule has 0 N–H and O–H groups in total. The topological polar surface area (TPSA) is 9.23 Å². The standard InChI is InChI=1S/C21H31O.3ClH.Zr/c1-11-13(3)17(20(7,8)15(11)5)19(22)18-14(4)12(2)16(6)21(18,9)10;;;;/h19H,1-10H3;3*1H;/q-1;;;;+4/p-3. The second kappa shape index (κ2) is 9.45. The predicted molar refractivity (Wildman–Crippen MR) is 94.6 cm³/mol. The Bertz CT molecular complexity index is 636. The van der Waals surface area contributed by atoms with E-state index in [-0.39, 0.29) is 54.2 Å². The number of allylic oxidation sites excluding steroid dienone is 6. The maximum absolute atomic E-state index is 6.24. The average Bonchev–Trinajstić information content (AvgIpc) is 2.72. The summed E-state index contributed by atoms with van der Waals surface area (Å²) in [5.41, 5.74) is 11.8. The van der Waals surface area contributed by atoms with Crippen molar-refractivity contribution in [1.29, 1.82) is 0 Å². The Labute approximate surface area is 194 Å². The van der Waals surface area contributed by atoms with E-state index in [4.69, 9.17) is 2.81 Å². The van der Waals surface area contributed by atoms with E-state index in [2.05, 4.69) is 69.2 Å². The Balaban J connectivity index is 0. The zero-order chi connectivity index (χ0) is 17.9. The van der Waals surface area contributed by atoms with E-state index in [0.29, 0.717) is 0 Å². The van der Waals surface area contributed by atoms with Crippen LogP contribution in [0.1, 0.15) is 69.2 Å². The van der Waals surface area contributed by atoms with Crippen molar-refractivity contribution >= 4 is 0 Å². The first kappa shape index (κ1) is 28.9. The summed E-state index contributed by atoms with van der Waals surface area (Å²) in [6.45, 7) is 23.0. The van der Waals surface area contributed by atoms with Gasteiger partial charge in [-0.3, -0.25) is 0 Å². The van der Waals surface area contributed by atoms with Crippen LogP contribution in [0.15, 0.2) is 44.6 Å². The van der Waals surface area contributed by atoms with E-state index < -0.39 is 0 Å². The second-order valence-corrected chi connectivity index (χ2v) is 8.90. The van der Waals surface area contributed by atoms with Gasteiger partial charge in [-0.2, -0.15) is 0 Å². The van der Waals surface area contributed by atoms with Crippen LogP contribution < -0.4 is 37.2 Å². The Morgan fingerprint density at radius 1 is 0.615 bits per heavy atom. The maximum Gasteiger partial charge on any atom is -1.00 e. The molecular formula is C21H31Cl3OZr. The number of hydrogen-bond acceptors (Lipinski definition) is 1. The molecule has 0 unspecified atom stereocenters. The molecular weight excluding hydrogens is 466 g/mol. The fraction of sp³-hybridized carbons (Fsp3) is 0.619. The first-order valence-electron chi connectivity index (χ1n) is 8.52. The summed E-state index contributed by atoms with van der Waals surface area (Å²) in [5, 5.41) is 0. The largest absolute Gasteiger partial charge is 1.00 e. The normalized spacial score (nSPS) is 21.3. The van der Waals surface area contributed by atoms with Crippen LogP contribution in [0.5, 0.6) is 0 Å². The molecule has 0 atom stereocenters. The van der Waals surface area contributed by atoms with E-state index in [1.54, 1.807) is 0 Å². The van der Waals surface area contributed by atoms with Gasteiger partial charge in [-0.25, -0.2) is 0 Å². The molecule has 0 saturated heterocycles. The van der Waals surface area contributed by atoms with Gasteiger partial charge in [-0.15, -0.1) is 0 Å². The molecule has 0 aromatic heterocycles. The molecule has 0 aliphatic heterocycles. The van der Waals surface area contributed by atoms with Crippen molar-refractivity contribution in [3.8, 4) is 0 Å². The van der Waals surface area contributed by atoms with Crippen molar-refractivity contribution in [1.82, 2.24) is 0 Å². The minimum absolute atomic E-state index is 0. The summed E-state index contributed by atoms with van der Waals surface area (Å²) in [6.07, 6.45) is 0.0954. The van der Waals surface area contributed by atoms with Crippen LogP contribution in [0, 0.1) is 10.8 Å². The van der Waals surface area contributed by atoms with Crippen LogP contribution in [0.2, 0.25) is 0 Å². The van der Waals surface area contributed by atoms with Crippen LogP contribution in [-0.2, 0) is 28.0 Å². The van der Waals surface area contributed by atoms with Gasteiger partial charge in [0.1, 0.15) is 0 Å². The van der Waals surface area contributed by atoms with Gasteiger partial charge in [0.25, 0.3) is 0 Å².